The van der Waals surface area contributed by atoms with Crippen molar-refractivity contribution in [2.45, 2.75) is 25.6 Å². The summed E-state index contributed by atoms with van der Waals surface area (Å²) >= 11 is 0. The molecule has 4 nitrogen and oxygen atoms in total. The standard InChI is InChI=1S/C19H17FO3.C6H7N/c1-12(2)16(21)18-19(23-18,14-6-4-3-5-7-14)17(22)13-8-10-15(20)11-9-13;7-6-4-2-1-3-5-6/h3-12,18H,1-2H3;1-5H,7H2. The lowest BCUT2D eigenvalue weighted by Gasteiger charge is -2.13. The van der Waals surface area contributed by atoms with Gasteiger partial charge in [0.2, 0.25) is 5.78 Å². The fraction of sp³-hybridized carbons (Fsp3) is 0.200. The highest BCUT2D eigenvalue weighted by atomic mass is 19.1. The maximum absolute atomic E-state index is 13.1. The molecule has 1 heterocycles. The van der Waals surface area contributed by atoms with Gasteiger partial charge in [-0.15, -0.1) is 0 Å². The Morgan fingerprint density at radius 3 is 1.90 bits per heavy atom. The summed E-state index contributed by atoms with van der Waals surface area (Å²) in [6.07, 6.45) is -0.789. The van der Waals surface area contributed by atoms with E-state index in [0.717, 1.165) is 5.69 Å². The summed E-state index contributed by atoms with van der Waals surface area (Å²) in [5.41, 5.74) is 5.86. The number of para-hydroxylation sites is 1. The van der Waals surface area contributed by atoms with Crippen LogP contribution in [0.2, 0.25) is 0 Å². The van der Waals surface area contributed by atoms with Crippen LogP contribution < -0.4 is 5.73 Å². The lowest BCUT2D eigenvalue weighted by Crippen LogP contribution is -2.30. The summed E-state index contributed by atoms with van der Waals surface area (Å²) in [7, 11) is 0. The van der Waals surface area contributed by atoms with E-state index in [-0.39, 0.29) is 17.5 Å². The van der Waals surface area contributed by atoms with Gasteiger partial charge in [-0.25, -0.2) is 4.39 Å². The highest BCUT2D eigenvalue weighted by molar-refractivity contribution is 6.10. The Balaban J connectivity index is 0.000000310. The molecule has 154 valence electrons. The minimum Gasteiger partial charge on any atom is -0.399 e. The summed E-state index contributed by atoms with van der Waals surface area (Å²) in [5, 5.41) is 0. The Kier molecular flexibility index (Phi) is 6.43. The number of Topliss-reactive ketones (excluding diaryl/α,β-unsaturated/α-hetero) is 2. The first kappa shape index (κ1) is 21.4. The number of hydrogen-bond donors (Lipinski definition) is 1. The van der Waals surface area contributed by atoms with Crippen LogP contribution in [0.25, 0.3) is 0 Å². The highest BCUT2D eigenvalue weighted by Crippen LogP contribution is 2.50. The molecule has 1 aliphatic heterocycles. The molecule has 2 unspecified atom stereocenters. The number of nitrogen functional groups attached to an aromatic ring is 1. The molecule has 1 aliphatic rings. The molecule has 2 N–H and O–H groups in total. The highest BCUT2D eigenvalue weighted by Gasteiger charge is 2.66. The predicted octanol–water partition coefficient (Wildman–Crippen LogP) is 4.80. The SMILES string of the molecule is CC(C)C(=O)C1OC1(C(=O)c1ccc(F)cc1)c1ccccc1.Nc1ccccc1. The van der Waals surface area contributed by atoms with Crippen LogP contribution >= 0.6 is 0 Å². The van der Waals surface area contributed by atoms with E-state index in [0.29, 0.717) is 11.1 Å². The van der Waals surface area contributed by atoms with Crippen molar-refractivity contribution in [1.29, 1.82) is 0 Å². The second-order valence-electron chi connectivity index (χ2n) is 7.40. The lowest BCUT2D eigenvalue weighted by atomic mass is 9.84. The van der Waals surface area contributed by atoms with Gasteiger partial charge in [-0.3, -0.25) is 9.59 Å². The summed E-state index contributed by atoms with van der Waals surface area (Å²) in [5.74, 6) is -1.07. The predicted molar refractivity (Wildman–Crippen MR) is 114 cm³/mol. The van der Waals surface area contributed by atoms with Gasteiger partial charge in [0.25, 0.3) is 0 Å². The maximum Gasteiger partial charge on any atom is 0.202 e. The maximum atomic E-state index is 13.1. The Labute approximate surface area is 175 Å². The largest absolute Gasteiger partial charge is 0.399 e. The van der Waals surface area contributed by atoms with Crippen molar-refractivity contribution < 1.29 is 18.7 Å². The van der Waals surface area contributed by atoms with Gasteiger partial charge in [0.15, 0.2) is 17.5 Å². The lowest BCUT2D eigenvalue weighted by molar-refractivity contribution is -0.123. The number of carbonyl (C=O) groups excluding carboxylic acids is 2. The molecular formula is C25H24FNO3. The van der Waals surface area contributed by atoms with E-state index in [1.807, 2.05) is 36.4 Å². The van der Waals surface area contributed by atoms with Gasteiger partial charge in [0.05, 0.1) is 0 Å². The van der Waals surface area contributed by atoms with Crippen molar-refractivity contribution in [3.05, 3.63) is 102 Å². The van der Waals surface area contributed by atoms with Crippen molar-refractivity contribution in [3.8, 4) is 0 Å². The fourth-order valence-corrected chi connectivity index (χ4v) is 3.19. The fourth-order valence-electron chi connectivity index (χ4n) is 3.19. The number of rotatable bonds is 5. The molecule has 2 atom stereocenters. The zero-order chi connectivity index (χ0) is 21.7. The summed E-state index contributed by atoms with van der Waals surface area (Å²) in [6.45, 7) is 3.56. The molecule has 3 aromatic rings. The normalized spacial score (nSPS) is 19.5. The Bertz CT molecular complexity index is 1000. The molecule has 0 saturated carbocycles. The van der Waals surface area contributed by atoms with E-state index in [1.54, 1.807) is 38.1 Å². The first-order chi connectivity index (χ1) is 14.4. The zero-order valence-electron chi connectivity index (χ0n) is 16.9. The molecule has 3 aromatic carbocycles. The van der Waals surface area contributed by atoms with E-state index in [1.165, 1.54) is 24.3 Å². The third kappa shape index (κ3) is 4.47. The van der Waals surface area contributed by atoms with Gasteiger partial charge in [-0.05, 0) is 42.0 Å². The second kappa shape index (κ2) is 9.01. The molecule has 0 spiro atoms. The first-order valence-electron chi connectivity index (χ1n) is 9.74. The Morgan fingerprint density at radius 2 is 1.43 bits per heavy atom. The van der Waals surface area contributed by atoms with Crippen LogP contribution in [0.5, 0.6) is 0 Å². The first-order valence-corrected chi connectivity index (χ1v) is 9.74. The molecule has 1 fully saturated rings. The van der Waals surface area contributed by atoms with Gasteiger partial charge in [-0.2, -0.15) is 0 Å². The average Bonchev–Trinajstić information content (AvgIpc) is 3.52. The molecule has 4 rings (SSSR count). The van der Waals surface area contributed by atoms with E-state index in [2.05, 4.69) is 0 Å². The van der Waals surface area contributed by atoms with Crippen molar-refractivity contribution in [2.75, 3.05) is 5.73 Å². The van der Waals surface area contributed by atoms with Crippen LogP contribution in [0.1, 0.15) is 29.8 Å². The molecule has 0 aromatic heterocycles. The van der Waals surface area contributed by atoms with Crippen LogP contribution in [-0.2, 0) is 15.1 Å². The number of nitrogens with two attached hydrogens (primary N) is 1. The molecule has 30 heavy (non-hydrogen) atoms. The Morgan fingerprint density at radius 1 is 0.900 bits per heavy atom. The van der Waals surface area contributed by atoms with Crippen molar-refractivity contribution in [1.82, 2.24) is 0 Å². The number of ketones is 2. The molecule has 0 aliphatic carbocycles. The van der Waals surface area contributed by atoms with E-state index in [4.69, 9.17) is 10.5 Å². The monoisotopic (exact) mass is 405 g/mol. The number of anilines is 1. The zero-order valence-corrected chi connectivity index (χ0v) is 16.9. The van der Waals surface area contributed by atoms with Crippen LogP contribution in [0.15, 0.2) is 84.9 Å². The topological polar surface area (TPSA) is 72.7 Å². The molecule has 0 bridgehead atoms. The van der Waals surface area contributed by atoms with Crippen LogP contribution in [-0.4, -0.2) is 17.7 Å². The number of halogens is 1. The van der Waals surface area contributed by atoms with Crippen LogP contribution in [0.4, 0.5) is 10.1 Å². The van der Waals surface area contributed by atoms with E-state index in [9.17, 15) is 14.0 Å². The summed E-state index contributed by atoms with van der Waals surface area (Å²) < 4.78 is 18.8. The minimum atomic E-state index is -1.29. The summed E-state index contributed by atoms with van der Waals surface area (Å²) in [6, 6.07) is 23.8. The minimum absolute atomic E-state index is 0.107. The molecular weight excluding hydrogens is 381 g/mol. The molecule has 0 radical (unpaired) electrons. The molecule has 1 saturated heterocycles. The van der Waals surface area contributed by atoms with Gasteiger partial charge < -0.3 is 10.5 Å². The van der Waals surface area contributed by atoms with Gasteiger partial charge in [0.1, 0.15) is 5.82 Å². The van der Waals surface area contributed by atoms with E-state index >= 15 is 0 Å². The number of carbonyl (C=O) groups is 2. The summed E-state index contributed by atoms with van der Waals surface area (Å²) in [4.78, 5) is 25.3. The van der Waals surface area contributed by atoms with Crippen LogP contribution in [0, 0.1) is 11.7 Å². The number of ether oxygens (including phenoxy) is 1. The van der Waals surface area contributed by atoms with Gasteiger partial charge in [-0.1, -0.05) is 62.4 Å². The molecule has 5 heteroatoms. The third-order valence-electron chi connectivity index (χ3n) is 4.89. The number of epoxide rings is 1. The van der Waals surface area contributed by atoms with Crippen molar-refractivity contribution in [2.24, 2.45) is 5.92 Å². The third-order valence-corrected chi connectivity index (χ3v) is 4.89. The van der Waals surface area contributed by atoms with Crippen molar-refractivity contribution in [3.63, 3.8) is 0 Å². The Hall–Kier alpha value is -3.31. The smallest absolute Gasteiger partial charge is 0.202 e. The van der Waals surface area contributed by atoms with Gasteiger partial charge in [0, 0.05) is 17.2 Å². The average molecular weight is 405 g/mol. The molecule has 0 amide bonds. The van der Waals surface area contributed by atoms with Crippen LogP contribution in [0.3, 0.4) is 0 Å². The number of hydrogen-bond acceptors (Lipinski definition) is 4. The quantitative estimate of drug-likeness (QED) is 0.376. The second-order valence-corrected chi connectivity index (χ2v) is 7.40. The van der Waals surface area contributed by atoms with Gasteiger partial charge >= 0.3 is 0 Å². The van der Waals surface area contributed by atoms with E-state index < -0.39 is 17.5 Å². The van der Waals surface area contributed by atoms with Crippen molar-refractivity contribution >= 4 is 17.3 Å². The number of benzene rings is 3.